The molecule has 3 rings (SSSR count). The number of nitrogens with zero attached hydrogens (tertiary/aromatic N) is 3. The minimum atomic E-state index is -0.298. The van der Waals surface area contributed by atoms with Crippen molar-refractivity contribution in [2.75, 3.05) is 7.11 Å². The highest BCUT2D eigenvalue weighted by Crippen LogP contribution is 2.43. The molecule has 0 N–H and O–H groups in total. The molecule has 2 heterocycles. The first-order valence-corrected chi connectivity index (χ1v) is 7.00. The Labute approximate surface area is 117 Å². The smallest absolute Gasteiger partial charge is 0.311 e. The van der Waals surface area contributed by atoms with E-state index in [2.05, 4.69) is 5.10 Å². The highest BCUT2D eigenvalue weighted by atomic mass is 16.5. The van der Waals surface area contributed by atoms with Crippen LogP contribution in [0.15, 0.2) is 12.3 Å². The summed E-state index contributed by atoms with van der Waals surface area (Å²) in [7, 11) is 3.24. The predicted octanol–water partition coefficient (Wildman–Crippen LogP) is 1.04. The van der Waals surface area contributed by atoms with Crippen molar-refractivity contribution >= 4 is 11.9 Å². The largest absolute Gasteiger partial charge is 0.469 e. The number of carbonyl (C=O) groups excluding carboxylic acids is 2. The fraction of sp³-hybridized carbons (Fsp3) is 0.643. The van der Waals surface area contributed by atoms with Crippen molar-refractivity contribution in [3.05, 3.63) is 18.0 Å². The van der Waals surface area contributed by atoms with Gasteiger partial charge in [0.05, 0.1) is 24.8 Å². The van der Waals surface area contributed by atoms with Crippen LogP contribution in [0, 0.1) is 5.92 Å². The van der Waals surface area contributed by atoms with E-state index >= 15 is 0 Å². The van der Waals surface area contributed by atoms with E-state index < -0.39 is 0 Å². The van der Waals surface area contributed by atoms with Crippen LogP contribution in [0.5, 0.6) is 0 Å². The summed E-state index contributed by atoms with van der Waals surface area (Å²) in [6.45, 7) is 0. The molecular weight excluding hydrogens is 258 g/mol. The van der Waals surface area contributed by atoms with Crippen molar-refractivity contribution in [2.24, 2.45) is 13.0 Å². The van der Waals surface area contributed by atoms with Gasteiger partial charge in [-0.15, -0.1) is 0 Å². The van der Waals surface area contributed by atoms with Crippen molar-refractivity contribution in [1.82, 2.24) is 14.7 Å². The summed E-state index contributed by atoms with van der Waals surface area (Å²) in [5.41, 5.74) is 0.903. The molecule has 1 saturated heterocycles. The Morgan fingerprint density at radius 2 is 2.15 bits per heavy atom. The van der Waals surface area contributed by atoms with Crippen molar-refractivity contribution in [1.29, 1.82) is 0 Å². The molecule has 0 spiro atoms. The predicted molar refractivity (Wildman–Crippen MR) is 70.6 cm³/mol. The molecular formula is C14H19N3O3. The van der Waals surface area contributed by atoms with E-state index in [-0.39, 0.29) is 29.9 Å². The number of piperidine rings is 1. The Bertz CT molecular complexity index is 536. The lowest BCUT2D eigenvalue weighted by atomic mass is 9.86. The quantitative estimate of drug-likeness (QED) is 0.774. The van der Waals surface area contributed by atoms with Gasteiger partial charge in [-0.05, 0) is 25.3 Å². The van der Waals surface area contributed by atoms with Gasteiger partial charge in [0, 0.05) is 25.7 Å². The van der Waals surface area contributed by atoms with E-state index in [1.54, 1.807) is 10.9 Å². The monoisotopic (exact) mass is 277 g/mol. The number of carbonyl (C=O) groups is 2. The van der Waals surface area contributed by atoms with Gasteiger partial charge in [0.25, 0.3) is 0 Å². The zero-order valence-corrected chi connectivity index (χ0v) is 11.8. The van der Waals surface area contributed by atoms with Crippen LogP contribution in [0.3, 0.4) is 0 Å². The lowest BCUT2D eigenvalue weighted by molar-refractivity contribution is -0.155. The highest BCUT2D eigenvalue weighted by Gasteiger charge is 2.47. The molecule has 6 nitrogen and oxygen atoms in total. The molecule has 0 aromatic carbocycles. The van der Waals surface area contributed by atoms with Gasteiger partial charge in [0.1, 0.15) is 0 Å². The number of methoxy groups -OCH3 is 1. The van der Waals surface area contributed by atoms with Crippen LogP contribution in [-0.2, 0) is 21.4 Å². The standard InChI is InChI=1S/C14H19N3O3/c1-16-11(7-8-15-16)13-10(14(19)20-2)5-6-12(18)17(13)9-3-4-9/h7-10,13H,3-6H2,1-2H3/t10-,13-/m0/s1. The number of aryl methyl sites for hydroxylation is 1. The van der Waals surface area contributed by atoms with Crippen LogP contribution in [0.25, 0.3) is 0 Å². The molecule has 1 aliphatic heterocycles. The van der Waals surface area contributed by atoms with Gasteiger partial charge >= 0.3 is 5.97 Å². The molecule has 1 aromatic heterocycles. The fourth-order valence-electron chi connectivity index (χ4n) is 3.12. The number of hydrogen-bond donors (Lipinski definition) is 0. The summed E-state index contributed by atoms with van der Waals surface area (Å²) in [6.07, 6.45) is 4.71. The van der Waals surface area contributed by atoms with Crippen LogP contribution in [0.4, 0.5) is 0 Å². The first kappa shape index (κ1) is 13.1. The van der Waals surface area contributed by atoms with Crippen LogP contribution in [0.1, 0.15) is 37.4 Å². The molecule has 6 heteroatoms. The zero-order valence-electron chi connectivity index (χ0n) is 11.8. The van der Waals surface area contributed by atoms with E-state index in [1.807, 2.05) is 18.0 Å². The average Bonchev–Trinajstić information content (AvgIpc) is 3.19. The average molecular weight is 277 g/mol. The first-order chi connectivity index (χ1) is 9.63. The molecule has 0 bridgehead atoms. The van der Waals surface area contributed by atoms with E-state index in [9.17, 15) is 9.59 Å². The molecule has 2 atom stereocenters. The third kappa shape index (κ3) is 2.09. The highest BCUT2D eigenvalue weighted by molar-refractivity contribution is 5.82. The third-order valence-electron chi connectivity index (χ3n) is 4.24. The SMILES string of the molecule is COC(=O)[C@H]1CCC(=O)N(C2CC2)[C@@H]1c1ccnn1C. The summed E-state index contributed by atoms with van der Waals surface area (Å²) in [4.78, 5) is 26.3. The number of aromatic nitrogens is 2. The summed E-state index contributed by atoms with van der Waals surface area (Å²) in [5.74, 6) is -0.401. The second-order valence-corrected chi connectivity index (χ2v) is 5.53. The molecule has 1 saturated carbocycles. The van der Waals surface area contributed by atoms with E-state index in [4.69, 9.17) is 4.74 Å². The Balaban J connectivity index is 2.00. The maximum absolute atomic E-state index is 12.3. The third-order valence-corrected chi connectivity index (χ3v) is 4.24. The summed E-state index contributed by atoms with van der Waals surface area (Å²) >= 11 is 0. The molecule has 108 valence electrons. The molecule has 1 aromatic rings. The van der Waals surface area contributed by atoms with Gasteiger partial charge in [-0.3, -0.25) is 14.3 Å². The van der Waals surface area contributed by atoms with Crippen molar-refractivity contribution in [3.8, 4) is 0 Å². The van der Waals surface area contributed by atoms with Crippen molar-refractivity contribution < 1.29 is 14.3 Å². The van der Waals surface area contributed by atoms with E-state index in [0.29, 0.717) is 12.8 Å². The fourth-order valence-corrected chi connectivity index (χ4v) is 3.12. The van der Waals surface area contributed by atoms with Gasteiger partial charge in [-0.2, -0.15) is 5.10 Å². The second-order valence-electron chi connectivity index (χ2n) is 5.53. The minimum absolute atomic E-state index is 0.138. The molecule has 20 heavy (non-hydrogen) atoms. The molecule has 0 unspecified atom stereocenters. The lowest BCUT2D eigenvalue weighted by Gasteiger charge is -2.40. The maximum Gasteiger partial charge on any atom is 0.311 e. The van der Waals surface area contributed by atoms with E-state index in [0.717, 1.165) is 18.5 Å². The number of rotatable bonds is 3. The summed E-state index contributed by atoms with van der Waals surface area (Å²) < 4.78 is 6.68. The number of amides is 1. The van der Waals surface area contributed by atoms with Gasteiger partial charge in [-0.1, -0.05) is 0 Å². The van der Waals surface area contributed by atoms with Crippen molar-refractivity contribution in [3.63, 3.8) is 0 Å². The topological polar surface area (TPSA) is 64.4 Å². The zero-order chi connectivity index (χ0) is 14.3. The normalized spacial score (nSPS) is 26.7. The van der Waals surface area contributed by atoms with E-state index in [1.165, 1.54) is 7.11 Å². The summed E-state index contributed by atoms with van der Waals surface area (Å²) in [5, 5.41) is 4.18. The maximum atomic E-state index is 12.3. The number of likely N-dealkylation sites (tertiary alicyclic amines) is 1. The molecule has 2 fully saturated rings. The molecule has 1 amide bonds. The van der Waals surface area contributed by atoms with Gasteiger partial charge in [0.15, 0.2) is 0 Å². The molecule has 2 aliphatic rings. The molecule has 0 radical (unpaired) electrons. The Morgan fingerprint density at radius 3 is 2.70 bits per heavy atom. The number of hydrogen-bond acceptors (Lipinski definition) is 4. The van der Waals surface area contributed by atoms with Crippen LogP contribution in [0.2, 0.25) is 0 Å². The van der Waals surface area contributed by atoms with Crippen LogP contribution >= 0.6 is 0 Å². The Kier molecular flexibility index (Phi) is 3.23. The number of esters is 1. The Morgan fingerprint density at radius 1 is 1.40 bits per heavy atom. The second kappa shape index (κ2) is 4.92. The lowest BCUT2D eigenvalue weighted by Crippen LogP contribution is -2.47. The first-order valence-electron chi connectivity index (χ1n) is 7.00. The minimum Gasteiger partial charge on any atom is -0.469 e. The number of ether oxygens (including phenoxy) is 1. The van der Waals surface area contributed by atoms with Crippen LogP contribution in [-0.4, -0.2) is 39.7 Å². The van der Waals surface area contributed by atoms with Crippen molar-refractivity contribution in [2.45, 2.75) is 37.8 Å². The Hall–Kier alpha value is -1.85. The van der Waals surface area contributed by atoms with Gasteiger partial charge in [0.2, 0.25) is 5.91 Å². The van der Waals surface area contributed by atoms with Gasteiger partial charge in [-0.25, -0.2) is 0 Å². The molecule has 1 aliphatic carbocycles. The summed E-state index contributed by atoms with van der Waals surface area (Å²) in [6, 6.07) is 1.91. The van der Waals surface area contributed by atoms with Gasteiger partial charge < -0.3 is 9.64 Å². The van der Waals surface area contributed by atoms with Crippen LogP contribution < -0.4 is 0 Å².